The third kappa shape index (κ3) is 2.95. The van der Waals surface area contributed by atoms with E-state index in [0.717, 1.165) is 21.2 Å². The van der Waals surface area contributed by atoms with Crippen LogP contribution in [0.5, 0.6) is 0 Å². The topological polar surface area (TPSA) is 67.3 Å². The average molecular weight is 312 g/mol. The van der Waals surface area contributed by atoms with Crippen LogP contribution in [0.4, 0.5) is 5.69 Å². The molecule has 5 nitrogen and oxygen atoms in total. The van der Waals surface area contributed by atoms with Gasteiger partial charge in [-0.3, -0.25) is 9.97 Å². The van der Waals surface area contributed by atoms with Gasteiger partial charge in [-0.05, 0) is 28.1 Å². The van der Waals surface area contributed by atoms with E-state index in [4.69, 9.17) is 4.74 Å². The number of nitrogens with zero attached hydrogens (tertiary/aromatic N) is 2. The molecule has 0 radical (unpaired) electrons. The van der Waals surface area contributed by atoms with E-state index in [1.807, 2.05) is 12.1 Å². The number of aromatic nitrogens is 2. The van der Waals surface area contributed by atoms with Gasteiger partial charge in [0.15, 0.2) is 0 Å². The van der Waals surface area contributed by atoms with Gasteiger partial charge in [0.1, 0.15) is 5.52 Å². The second kappa shape index (κ2) is 6.08. The number of halogens is 1. The van der Waals surface area contributed by atoms with E-state index >= 15 is 0 Å². The van der Waals surface area contributed by atoms with Gasteiger partial charge in [0.25, 0.3) is 0 Å². The molecule has 1 atom stereocenters. The largest absolute Gasteiger partial charge is 0.394 e. The highest BCUT2D eigenvalue weighted by Crippen LogP contribution is 2.22. The molecule has 6 heteroatoms. The number of fused-ring (bicyclic) bond motifs is 1. The van der Waals surface area contributed by atoms with Crippen molar-refractivity contribution < 1.29 is 9.84 Å². The minimum atomic E-state index is -0.161. The summed E-state index contributed by atoms with van der Waals surface area (Å²) < 4.78 is 5.92. The van der Waals surface area contributed by atoms with Crippen LogP contribution in [-0.2, 0) is 4.74 Å². The quantitative estimate of drug-likeness (QED) is 0.881. The molecule has 0 amide bonds. The van der Waals surface area contributed by atoms with Gasteiger partial charge in [-0.25, -0.2) is 0 Å². The monoisotopic (exact) mass is 311 g/mol. The van der Waals surface area contributed by atoms with Crippen molar-refractivity contribution in [2.24, 2.45) is 0 Å². The predicted molar refractivity (Wildman–Crippen MR) is 73.6 cm³/mol. The summed E-state index contributed by atoms with van der Waals surface area (Å²) in [6.07, 6.45) is 3.43. The predicted octanol–water partition coefficient (Wildman–Crippen LogP) is 1.81. The highest BCUT2D eigenvalue weighted by atomic mass is 79.9. The van der Waals surface area contributed by atoms with Crippen molar-refractivity contribution in [2.45, 2.75) is 6.04 Å². The Bertz CT molecular complexity index is 536. The van der Waals surface area contributed by atoms with Crippen LogP contribution in [0.2, 0.25) is 0 Å². The van der Waals surface area contributed by atoms with Crippen molar-refractivity contribution in [2.75, 3.05) is 25.6 Å². The SMILES string of the molecule is COCC(CO)Nc1ccnc2cc(Br)cnc12. The Hall–Kier alpha value is -1.24. The van der Waals surface area contributed by atoms with Crippen LogP contribution < -0.4 is 5.32 Å². The van der Waals surface area contributed by atoms with Crippen LogP contribution in [0.3, 0.4) is 0 Å². The summed E-state index contributed by atoms with van der Waals surface area (Å²) in [4.78, 5) is 8.59. The second-order valence-corrected chi connectivity index (χ2v) is 4.77. The fourth-order valence-corrected chi connectivity index (χ4v) is 2.00. The lowest BCUT2D eigenvalue weighted by Crippen LogP contribution is -2.28. The molecule has 0 aliphatic heterocycles. The zero-order valence-corrected chi connectivity index (χ0v) is 11.5. The van der Waals surface area contributed by atoms with Gasteiger partial charge in [0.2, 0.25) is 0 Å². The van der Waals surface area contributed by atoms with Gasteiger partial charge in [-0.15, -0.1) is 0 Å². The number of aliphatic hydroxyl groups excluding tert-OH is 1. The summed E-state index contributed by atoms with van der Waals surface area (Å²) >= 11 is 3.36. The number of anilines is 1. The van der Waals surface area contributed by atoms with Crippen molar-refractivity contribution in [3.63, 3.8) is 0 Å². The van der Waals surface area contributed by atoms with E-state index in [1.54, 1.807) is 19.5 Å². The van der Waals surface area contributed by atoms with Crippen LogP contribution >= 0.6 is 15.9 Å². The molecule has 0 spiro atoms. The van der Waals surface area contributed by atoms with Gasteiger partial charge in [-0.2, -0.15) is 0 Å². The van der Waals surface area contributed by atoms with E-state index in [9.17, 15) is 5.11 Å². The Morgan fingerprint density at radius 2 is 2.33 bits per heavy atom. The number of rotatable bonds is 5. The number of aliphatic hydroxyl groups is 1. The number of ether oxygens (including phenoxy) is 1. The second-order valence-electron chi connectivity index (χ2n) is 3.86. The molecular weight excluding hydrogens is 298 g/mol. The molecule has 2 heterocycles. The van der Waals surface area contributed by atoms with Crippen molar-refractivity contribution in [1.29, 1.82) is 0 Å². The highest BCUT2D eigenvalue weighted by Gasteiger charge is 2.10. The molecule has 0 bridgehead atoms. The van der Waals surface area contributed by atoms with Crippen molar-refractivity contribution in [3.8, 4) is 0 Å². The molecule has 0 aliphatic rings. The summed E-state index contributed by atoms with van der Waals surface area (Å²) in [5, 5.41) is 12.4. The summed E-state index contributed by atoms with van der Waals surface area (Å²) in [6.45, 7) is 0.422. The minimum Gasteiger partial charge on any atom is -0.394 e. The first kappa shape index (κ1) is 13.2. The zero-order chi connectivity index (χ0) is 13.0. The van der Waals surface area contributed by atoms with E-state index in [1.165, 1.54) is 0 Å². The van der Waals surface area contributed by atoms with Gasteiger partial charge < -0.3 is 15.2 Å². The summed E-state index contributed by atoms with van der Waals surface area (Å²) in [5.41, 5.74) is 2.40. The maximum atomic E-state index is 9.25. The van der Waals surface area contributed by atoms with Crippen LogP contribution in [0.25, 0.3) is 11.0 Å². The molecule has 0 aromatic carbocycles. The molecule has 18 heavy (non-hydrogen) atoms. The van der Waals surface area contributed by atoms with E-state index in [2.05, 4.69) is 31.2 Å². The number of pyridine rings is 2. The molecule has 2 N–H and O–H groups in total. The van der Waals surface area contributed by atoms with E-state index in [-0.39, 0.29) is 12.6 Å². The fraction of sp³-hybridized carbons (Fsp3) is 0.333. The average Bonchev–Trinajstić information content (AvgIpc) is 2.38. The molecule has 2 aromatic rings. The molecule has 2 rings (SSSR count). The summed E-state index contributed by atoms with van der Waals surface area (Å²) in [5.74, 6) is 0. The molecule has 0 fully saturated rings. The minimum absolute atomic E-state index is 0.00577. The maximum absolute atomic E-state index is 9.25. The lowest BCUT2D eigenvalue weighted by atomic mass is 10.2. The Kier molecular flexibility index (Phi) is 4.46. The smallest absolute Gasteiger partial charge is 0.112 e. The molecule has 0 saturated heterocycles. The first-order chi connectivity index (χ1) is 8.74. The maximum Gasteiger partial charge on any atom is 0.112 e. The van der Waals surface area contributed by atoms with Crippen LogP contribution in [0.15, 0.2) is 29.0 Å². The molecule has 1 unspecified atom stereocenters. The lowest BCUT2D eigenvalue weighted by molar-refractivity contribution is 0.153. The zero-order valence-electron chi connectivity index (χ0n) is 9.93. The van der Waals surface area contributed by atoms with Crippen LogP contribution in [0.1, 0.15) is 0 Å². The first-order valence-corrected chi connectivity index (χ1v) is 6.30. The third-order valence-corrected chi connectivity index (χ3v) is 2.93. The third-order valence-electron chi connectivity index (χ3n) is 2.49. The Balaban J connectivity index is 2.32. The number of hydrogen-bond donors (Lipinski definition) is 2. The first-order valence-electron chi connectivity index (χ1n) is 5.51. The molecule has 96 valence electrons. The van der Waals surface area contributed by atoms with Gasteiger partial charge in [0, 0.05) is 24.0 Å². The lowest BCUT2D eigenvalue weighted by Gasteiger charge is -2.17. The number of methoxy groups -OCH3 is 1. The van der Waals surface area contributed by atoms with Gasteiger partial charge in [-0.1, -0.05) is 0 Å². The summed E-state index contributed by atoms with van der Waals surface area (Å²) in [6, 6.07) is 3.57. The molecular formula is C12H14BrN3O2. The van der Waals surface area contributed by atoms with E-state index in [0.29, 0.717) is 6.61 Å². The Labute approximate surface area is 113 Å². The number of nitrogens with one attached hydrogen (secondary N) is 1. The molecule has 0 saturated carbocycles. The fourth-order valence-electron chi connectivity index (χ4n) is 1.68. The van der Waals surface area contributed by atoms with Gasteiger partial charge >= 0.3 is 0 Å². The molecule has 2 aromatic heterocycles. The summed E-state index contributed by atoms with van der Waals surface area (Å²) in [7, 11) is 1.60. The molecule has 0 aliphatic carbocycles. The van der Waals surface area contributed by atoms with Crippen LogP contribution in [0, 0.1) is 0 Å². The van der Waals surface area contributed by atoms with Crippen molar-refractivity contribution >= 4 is 32.7 Å². The van der Waals surface area contributed by atoms with E-state index < -0.39 is 0 Å². The number of hydrogen-bond acceptors (Lipinski definition) is 5. The Morgan fingerprint density at radius 1 is 1.50 bits per heavy atom. The van der Waals surface area contributed by atoms with Crippen LogP contribution in [-0.4, -0.2) is 41.4 Å². The highest BCUT2D eigenvalue weighted by molar-refractivity contribution is 9.10. The van der Waals surface area contributed by atoms with Crippen molar-refractivity contribution in [1.82, 2.24) is 9.97 Å². The van der Waals surface area contributed by atoms with Gasteiger partial charge in [0.05, 0.1) is 30.5 Å². The Morgan fingerprint density at radius 3 is 3.06 bits per heavy atom. The van der Waals surface area contributed by atoms with Crippen molar-refractivity contribution in [3.05, 3.63) is 29.0 Å². The normalized spacial score (nSPS) is 12.6. The standard InChI is InChI=1S/C12H14BrN3O2/c1-18-7-9(6-17)16-10-2-3-14-11-4-8(13)5-15-12(10)11/h2-5,9,17H,6-7H2,1H3,(H,14,16).